The van der Waals surface area contributed by atoms with Gasteiger partial charge < -0.3 is 9.64 Å². The van der Waals surface area contributed by atoms with Gasteiger partial charge in [0.1, 0.15) is 6.54 Å². The number of esters is 1. The largest absolute Gasteiger partial charge is 0.466 e. The molecule has 0 amide bonds. The van der Waals surface area contributed by atoms with Crippen LogP contribution in [0.5, 0.6) is 0 Å². The summed E-state index contributed by atoms with van der Waals surface area (Å²) in [6.07, 6.45) is 1.74. The summed E-state index contributed by atoms with van der Waals surface area (Å²) in [6.45, 7) is 5.02. The van der Waals surface area contributed by atoms with E-state index in [-0.39, 0.29) is 11.9 Å². The van der Waals surface area contributed by atoms with Gasteiger partial charge in [0.05, 0.1) is 35.7 Å². The van der Waals surface area contributed by atoms with Crippen LogP contribution in [0, 0.1) is 5.92 Å². The number of likely N-dealkylation sites (tertiary alicyclic amines) is 1. The molecule has 1 aromatic rings. The number of halogens is 2. The molecular weight excluding hydrogens is 297 g/mol. The fraction of sp³-hybridized carbons (Fsp3) is 0.533. The molecule has 0 radical (unpaired) electrons. The normalized spacial score (nSPS) is 22.6. The molecule has 5 heteroatoms. The Hall–Kier alpha value is -0.770. The van der Waals surface area contributed by atoms with E-state index in [1.165, 1.54) is 4.90 Å². The average Bonchev–Trinajstić information content (AvgIpc) is 2.44. The second kappa shape index (κ2) is 7.30. The number of hydrogen-bond donors (Lipinski definition) is 1. The lowest BCUT2D eigenvalue weighted by Gasteiger charge is -2.28. The van der Waals surface area contributed by atoms with Gasteiger partial charge in [-0.05, 0) is 19.1 Å². The van der Waals surface area contributed by atoms with Crippen molar-refractivity contribution in [3.63, 3.8) is 0 Å². The minimum Gasteiger partial charge on any atom is -0.466 e. The molecule has 0 bridgehead atoms. The predicted molar refractivity (Wildman–Crippen MR) is 80.2 cm³/mol. The number of benzene rings is 1. The maximum absolute atomic E-state index is 11.7. The van der Waals surface area contributed by atoms with Gasteiger partial charge >= 0.3 is 5.97 Å². The minimum absolute atomic E-state index is 0.0534. The van der Waals surface area contributed by atoms with Crippen molar-refractivity contribution in [1.29, 1.82) is 0 Å². The third kappa shape index (κ3) is 3.87. The molecule has 1 saturated heterocycles. The number of hydrogen-bond acceptors (Lipinski definition) is 2. The summed E-state index contributed by atoms with van der Waals surface area (Å²) in [5.74, 6) is 0.00254. The van der Waals surface area contributed by atoms with Crippen molar-refractivity contribution in [1.82, 2.24) is 0 Å². The molecule has 3 nitrogen and oxygen atoms in total. The van der Waals surface area contributed by atoms with Crippen molar-refractivity contribution in [3.05, 3.63) is 33.8 Å². The summed E-state index contributed by atoms with van der Waals surface area (Å²) in [5, 5.41) is 1.44. The number of rotatable bonds is 4. The zero-order valence-electron chi connectivity index (χ0n) is 11.6. The van der Waals surface area contributed by atoms with E-state index in [0.29, 0.717) is 6.61 Å². The Morgan fingerprint density at radius 2 is 1.90 bits per heavy atom. The smallest absolute Gasteiger partial charge is 0.309 e. The Morgan fingerprint density at radius 3 is 2.45 bits per heavy atom. The first-order valence-electron chi connectivity index (χ1n) is 7.05. The molecule has 0 aromatic heterocycles. The molecule has 0 unspecified atom stereocenters. The topological polar surface area (TPSA) is 30.7 Å². The van der Waals surface area contributed by atoms with Gasteiger partial charge in [-0.2, -0.15) is 0 Å². The van der Waals surface area contributed by atoms with E-state index >= 15 is 0 Å². The van der Waals surface area contributed by atoms with Gasteiger partial charge in [-0.3, -0.25) is 4.79 Å². The lowest BCUT2D eigenvalue weighted by atomic mass is 9.96. The van der Waals surface area contributed by atoms with Crippen LogP contribution in [-0.2, 0) is 16.1 Å². The third-order valence-electron chi connectivity index (χ3n) is 3.80. The van der Waals surface area contributed by atoms with E-state index in [9.17, 15) is 4.79 Å². The minimum atomic E-state index is -0.0534. The van der Waals surface area contributed by atoms with Crippen LogP contribution in [0.15, 0.2) is 18.2 Å². The molecule has 1 aromatic carbocycles. The van der Waals surface area contributed by atoms with Crippen LogP contribution in [0.25, 0.3) is 0 Å². The van der Waals surface area contributed by atoms with E-state index in [1.807, 2.05) is 25.1 Å². The average molecular weight is 317 g/mol. The van der Waals surface area contributed by atoms with Crippen molar-refractivity contribution in [3.8, 4) is 0 Å². The lowest BCUT2D eigenvalue weighted by molar-refractivity contribution is -0.919. The van der Waals surface area contributed by atoms with Crippen LogP contribution in [0.1, 0.15) is 25.3 Å². The van der Waals surface area contributed by atoms with Crippen LogP contribution < -0.4 is 4.90 Å². The van der Waals surface area contributed by atoms with Crippen molar-refractivity contribution in [2.45, 2.75) is 26.3 Å². The van der Waals surface area contributed by atoms with E-state index < -0.39 is 0 Å². The first-order chi connectivity index (χ1) is 9.61. The van der Waals surface area contributed by atoms with E-state index in [0.717, 1.165) is 48.1 Å². The second-order valence-electron chi connectivity index (χ2n) is 5.15. The molecular formula is C15H20Cl2NO2+. The maximum Gasteiger partial charge on any atom is 0.309 e. The van der Waals surface area contributed by atoms with Crippen molar-refractivity contribution < 1.29 is 14.4 Å². The molecule has 1 fully saturated rings. The number of nitrogens with one attached hydrogen (secondary N) is 1. The molecule has 0 atom stereocenters. The van der Waals surface area contributed by atoms with Crippen LogP contribution >= 0.6 is 23.2 Å². The first kappa shape index (κ1) is 15.6. The monoisotopic (exact) mass is 316 g/mol. The molecule has 0 spiro atoms. The molecule has 0 saturated carbocycles. The summed E-state index contributed by atoms with van der Waals surface area (Å²) in [7, 11) is 0. The molecule has 110 valence electrons. The standard InChI is InChI=1S/C15H19Cl2NO2/c1-2-20-15(19)11-6-8-18(9-7-11)10-12-13(16)4-3-5-14(12)17/h3-5,11H,2,6-10H2,1H3/p+1. The van der Waals surface area contributed by atoms with Gasteiger partial charge in [-0.15, -0.1) is 0 Å². The van der Waals surface area contributed by atoms with E-state index in [2.05, 4.69) is 0 Å². The predicted octanol–water partition coefficient (Wildman–Crippen LogP) is 2.35. The van der Waals surface area contributed by atoms with Crippen molar-refractivity contribution in [2.24, 2.45) is 5.92 Å². The highest BCUT2D eigenvalue weighted by atomic mass is 35.5. The number of piperidine rings is 1. The van der Waals surface area contributed by atoms with Gasteiger partial charge in [0, 0.05) is 18.4 Å². The van der Waals surface area contributed by atoms with Crippen LogP contribution in [-0.4, -0.2) is 25.7 Å². The molecule has 1 aliphatic rings. The molecule has 2 rings (SSSR count). The first-order valence-corrected chi connectivity index (χ1v) is 7.80. The zero-order valence-corrected chi connectivity index (χ0v) is 13.1. The molecule has 20 heavy (non-hydrogen) atoms. The Kier molecular flexibility index (Phi) is 5.70. The quantitative estimate of drug-likeness (QED) is 0.864. The number of quaternary nitrogens is 1. The summed E-state index contributed by atoms with van der Waals surface area (Å²) in [5.41, 5.74) is 1.00. The summed E-state index contributed by atoms with van der Waals surface area (Å²) >= 11 is 12.4. The molecule has 0 aliphatic carbocycles. The van der Waals surface area contributed by atoms with Gasteiger partial charge in [0.2, 0.25) is 0 Å². The SMILES string of the molecule is CCOC(=O)C1CC[NH+](Cc2c(Cl)cccc2Cl)CC1. The van der Waals surface area contributed by atoms with Crippen LogP contribution in [0.3, 0.4) is 0 Å². The zero-order chi connectivity index (χ0) is 14.5. The van der Waals surface area contributed by atoms with Crippen LogP contribution in [0.2, 0.25) is 10.0 Å². The van der Waals surface area contributed by atoms with Crippen molar-refractivity contribution in [2.75, 3.05) is 19.7 Å². The van der Waals surface area contributed by atoms with Gasteiger partial charge in [-0.25, -0.2) is 0 Å². The van der Waals surface area contributed by atoms with E-state index in [1.54, 1.807) is 0 Å². The van der Waals surface area contributed by atoms with E-state index in [4.69, 9.17) is 27.9 Å². The van der Waals surface area contributed by atoms with Crippen LogP contribution in [0.4, 0.5) is 0 Å². The molecule has 1 N–H and O–H groups in total. The number of ether oxygens (including phenoxy) is 1. The summed E-state index contributed by atoms with van der Waals surface area (Å²) in [4.78, 5) is 13.1. The Morgan fingerprint density at radius 1 is 1.30 bits per heavy atom. The molecule has 1 heterocycles. The fourth-order valence-corrected chi connectivity index (χ4v) is 3.18. The highest BCUT2D eigenvalue weighted by Gasteiger charge is 2.28. The maximum atomic E-state index is 11.7. The third-order valence-corrected chi connectivity index (χ3v) is 4.51. The highest BCUT2D eigenvalue weighted by molar-refractivity contribution is 6.35. The van der Waals surface area contributed by atoms with Gasteiger partial charge in [0.15, 0.2) is 0 Å². The lowest BCUT2D eigenvalue weighted by Crippen LogP contribution is -3.11. The Balaban J connectivity index is 1.90. The van der Waals surface area contributed by atoms with Gasteiger partial charge in [-0.1, -0.05) is 29.3 Å². The highest BCUT2D eigenvalue weighted by Crippen LogP contribution is 2.23. The molecule has 1 aliphatic heterocycles. The van der Waals surface area contributed by atoms with Crippen molar-refractivity contribution >= 4 is 29.2 Å². The number of carbonyl (C=O) groups is 1. The number of carbonyl (C=O) groups excluding carboxylic acids is 1. The second-order valence-corrected chi connectivity index (χ2v) is 5.97. The summed E-state index contributed by atoms with van der Waals surface area (Å²) < 4.78 is 5.08. The Labute approximate surface area is 129 Å². The van der Waals surface area contributed by atoms with Gasteiger partial charge in [0.25, 0.3) is 0 Å². The summed E-state index contributed by atoms with van der Waals surface area (Å²) in [6, 6.07) is 5.59. The fourth-order valence-electron chi connectivity index (χ4n) is 2.65. The Bertz CT molecular complexity index is 451.